The molecule has 0 unspecified atom stereocenters. The van der Waals surface area contributed by atoms with Gasteiger partial charge in [-0.05, 0) is 35.8 Å². The molecule has 0 N–H and O–H groups in total. The molecule has 0 spiro atoms. The number of carbonyl (C=O) groups excluding carboxylic acids is 2. The molecule has 1 aliphatic rings. The predicted molar refractivity (Wildman–Crippen MR) is 111 cm³/mol. The number of allylic oxidation sites excluding steroid dienone is 1. The molecule has 30 heavy (non-hydrogen) atoms. The Hall–Kier alpha value is -3.38. The Morgan fingerprint density at radius 3 is 2.67 bits per heavy atom. The third kappa shape index (κ3) is 4.44. The van der Waals surface area contributed by atoms with Gasteiger partial charge in [0.2, 0.25) is 5.78 Å². The van der Waals surface area contributed by atoms with Crippen LogP contribution in [0.1, 0.15) is 40.6 Å². The van der Waals surface area contributed by atoms with Crippen LogP contribution in [0, 0.1) is 0 Å². The van der Waals surface area contributed by atoms with E-state index in [1.807, 2.05) is 24.3 Å². The van der Waals surface area contributed by atoms with Crippen LogP contribution in [0.4, 0.5) is 0 Å². The van der Waals surface area contributed by atoms with Crippen LogP contribution in [0.25, 0.3) is 6.08 Å². The summed E-state index contributed by atoms with van der Waals surface area (Å²) in [4.78, 5) is 24.7. The number of esters is 1. The molecule has 0 radical (unpaired) electrons. The first kappa shape index (κ1) is 19.9. The molecule has 2 heterocycles. The van der Waals surface area contributed by atoms with Crippen molar-refractivity contribution in [2.45, 2.75) is 26.2 Å². The van der Waals surface area contributed by atoms with Crippen molar-refractivity contribution >= 4 is 29.4 Å². The fourth-order valence-electron chi connectivity index (χ4n) is 3.04. The van der Waals surface area contributed by atoms with Crippen molar-refractivity contribution in [2.75, 3.05) is 0 Å². The standard InChI is InChI=1S/C23H18ClNO5/c1-2-14-3-5-15(6-4-14)11-20-23(27)18-9-7-16(12-19(18)29-20)28-22(26)10-8-17-13-21(24)25-30-17/h3-7,9,11-13H,2,8,10H2,1H3/b20-11-. The van der Waals surface area contributed by atoms with Gasteiger partial charge >= 0.3 is 5.97 Å². The van der Waals surface area contributed by atoms with Gasteiger partial charge in [0.15, 0.2) is 10.9 Å². The Morgan fingerprint density at radius 2 is 1.97 bits per heavy atom. The van der Waals surface area contributed by atoms with E-state index in [1.165, 1.54) is 11.6 Å². The van der Waals surface area contributed by atoms with E-state index in [1.54, 1.807) is 24.3 Å². The van der Waals surface area contributed by atoms with Crippen molar-refractivity contribution < 1.29 is 23.6 Å². The van der Waals surface area contributed by atoms with Crippen molar-refractivity contribution in [1.82, 2.24) is 5.16 Å². The molecule has 0 amide bonds. The van der Waals surface area contributed by atoms with Crippen molar-refractivity contribution in [3.8, 4) is 11.5 Å². The maximum atomic E-state index is 12.6. The summed E-state index contributed by atoms with van der Waals surface area (Å²) in [5.41, 5.74) is 2.53. The largest absolute Gasteiger partial charge is 0.452 e. The maximum Gasteiger partial charge on any atom is 0.311 e. The lowest BCUT2D eigenvalue weighted by Crippen LogP contribution is -2.08. The highest BCUT2D eigenvalue weighted by Crippen LogP contribution is 2.35. The average Bonchev–Trinajstić information content (AvgIpc) is 3.30. The van der Waals surface area contributed by atoms with Gasteiger partial charge in [0.1, 0.15) is 17.3 Å². The van der Waals surface area contributed by atoms with Crippen LogP contribution in [-0.2, 0) is 17.6 Å². The Balaban J connectivity index is 1.42. The molecule has 0 bridgehead atoms. The van der Waals surface area contributed by atoms with Crippen molar-refractivity contribution in [3.63, 3.8) is 0 Å². The highest BCUT2D eigenvalue weighted by atomic mass is 35.5. The second-order valence-corrected chi connectivity index (χ2v) is 7.17. The number of fused-ring (bicyclic) bond motifs is 1. The number of hydrogen-bond donors (Lipinski definition) is 0. The Kier molecular flexibility index (Phi) is 5.68. The topological polar surface area (TPSA) is 78.6 Å². The van der Waals surface area contributed by atoms with Crippen LogP contribution in [0.5, 0.6) is 11.5 Å². The molecule has 152 valence electrons. The van der Waals surface area contributed by atoms with E-state index in [2.05, 4.69) is 12.1 Å². The highest BCUT2D eigenvalue weighted by molar-refractivity contribution is 6.29. The minimum absolute atomic E-state index is 0.0985. The number of aryl methyl sites for hydroxylation is 2. The molecular weight excluding hydrogens is 406 g/mol. The molecule has 0 saturated heterocycles. The first-order valence-electron chi connectivity index (χ1n) is 9.51. The molecule has 2 aromatic carbocycles. The number of hydrogen-bond acceptors (Lipinski definition) is 6. The van der Waals surface area contributed by atoms with E-state index in [-0.39, 0.29) is 23.1 Å². The van der Waals surface area contributed by atoms with Gasteiger partial charge in [-0.15, -0.1) is 0 Å². The van der Waals surface area contributed by atoms with E-state index in [9.17, 15) is 9.59 Å². The molecule has 0 atom stereocenters. The van der Waals surface area contributed by atoms with Crippen molar-refractivity contribution in [2.24, 2.45) is 0 Å². The lowest BCUT2D eigenvalue weighted by molar-refractivity contribution is -0.134. The summed E-state index contributed by atoms with van der Waals surface area (Å²) >= 11 is 5.68. The Morgan fingerprint density at radius 1 is 1.17 bits per heavy atom. The second kappa shape index (κ2) is 8.55. The zero-order valence-corrected chi connectivity index (χ0v) is 16.9. The summed E-state index contributed by atoms with van der Waals surface area (Å²) < 4.78 is 16.0. The van der Waals surface area contributed by atoms with Crippen LogP contribution < -0.4 is 9.47 Å². The van der Waals surface area contributed by atoms with Gasteiger partial charge in [0.25, 0.3) is 0 Å². The normalized spacial score (nSPS) is 13.9. The molecule has 3 aromatic rings. The summed E-state index contributed by atoms with van der Waals surface area (Å²) in [6.45, 7) is 2.09. The van der Waals surface area contributed by atoms with Gasteiger partial charge in [-0.25, -0.2) is 0 Å². The number of Topliss-reactive ketones (excluding diaryl/α,β-unsaturated/α-hetero) is 1. The zero-order chi connectivity index (χ0) is 21.1. The van der Waals surface area contributed by atoms with Crippen LogP contribution in [0.2, 0.25) is 5.15 Å². The van der Waals surface area contributed by atoms with Crippen LogP contribution in [0.3, 0.4) is 0 Å². The fraction of sp³-hybridized carbons (Fsp3) is 0.174. The summed E-state index contributed by atoms with van der Waals surface area (Å²) in [5, 5.41) is 3.79. The van der Waals surface area contributed by atoms with Crippen LogP contribution >= 0.6 is 11.6 Å². The second-order valence-electron chi connectivity index (χ2n) is 6.78. The minimum atomic E-state index is -0.446. The van der Waals surface area contributed by atoms with Gasteiger partial charge in [0.05, 0.1) is 12.0 Å². The van der Waals surface area contributed by atoms with Gasteiger partial charge in [0, 0.05) is 18.6 Å². The summed E-state index contributed by atoms with van der Waals surface area (Å²) in [6, 6.07) is 14.2. The fourth-order valence-corrected chi connectivity index (χ4v) is 3.20. The number of halogens is 1. The Labute approximate surface area is 178 Å². The van der Waals surface area contributed by atoms with E-state index in [4.69, 9.17) is 25.6 Å². The predicted octanol–water partition coefficient (Wildman–Crippen LogP) is 5.04. The molecular formula is C23H18ClNO5. The third-order valence-corrected chi connectivity index (χ3v) is 4.84. The molecule has 1 aliphatic heterocycles. The van der Waals surface area contributed by atoms with E-state index >= 15 is 0 Å². The van der Waals surface area contributed by atoms with E-state index in [0.717, 1.165) is 12.0 Å². The summed E-state index contributed by atoms with van der Waals surface area (Å²) in [5.74, 6) is 0.754. The monoisotopic (exact) mass is 423 g/mol. The SMILES string of the molecule is CCc1ccc(/C=C2\Oc3cc(OC(=O)CCc4cc(Cl)no4)ccc3C2=O)cc1. The number of aromatic nitrogens is 1. The molecule has 0 fully saturated rings. The van der Waals surface area contributed by atoms with Gasteiger partial charge in [-0.1, -0.05) is 47.9 Å². The van der Waals surface area contributed by atoms with Gasteiger partial charge in [-0.3, -0.25) is 9.59 Å². The quantitative estimate of drug-likeness (QED) is 0.314. The molecule has 7 heteroatoms. The zero-order valence-electron chi connectivity index (χ0n) is 16.2. The molecule has 0 aliphatic carbocycles. The van der Waals surface area contributed by atoms with E-state index < -0.39 is 5.97 Å². The number of nitrogens with zero attached hydrogens (tertiary/aromatic N) is 1. The molecule has 0 saturated carbocycles. The number of ketones is 1. The average molecular weight is 424 g/mol. The summed E-state index contributed by atoms with van der Waals surface area (Å²) in [6.07, 6.45) is 3.07. The number of benzene rings is 2. The van der Waals surface area contributed by atoms with E-state index in [0.29, 0.717) is 29.2 Å². The van der Waals surface area contributed by atoms with Gasteiger partial charge < -0.3 is 14.0 Å². The van der Waals surface area contributed by atoms with Crippen molar-refractivity contribution in [1.29, 1.82) is 0 Å². The first-order chi connectivity index (χ1) is 14.5. The first-order valence-corrected chi connectivity index (χ1v) is 9.88. The number of carbonyl (C=O) groups is 2. The third-order valence-electron chi connectivity index (χ3n) is 4.66. The lowest BCUT2D eigenvalue weighted by atomic mass is 10.1. The smallest absolute Gasteiger partial charge is 0.311 e. The van der Waals surface area contributed by atoms with Crippen molar-refractivity contribution in [3.05, 3.63) is 81.9 Å². The Bertz CT molecular complexity index is 1130. The number of ether oxygens (including phenoxy) is 2. The minimum Gasteiger partial charge on any atom is -0.452 e. The summed E-state index contributed by atoms with van der Waals surface area (Å²) in [7, 11) is 0. The molecule has 6 nitrogen and oxygen atoms in total. The molecule has 1 aromatic heterocycles. The van der Waals surface area contributed by atoms with Crippen LogP contribution in [0.15, 0.2) is 58.8 Å². The highest BCUT2D eigenvalue weighted by Gasteiger charge is 2.28. The lowest BCUT2D eigenvalue weighted by Gasteiger charge is -2.05. The van der Waals surface area contributed by atoms with Crippen LogP contribution in [-0.4, -0.2) is 16.9 Å². The molecule has 4 rings (SSSR count). The van der Waals surface area contributed by atoms with Gasteiger partial charge in [-0.2, -0.15) is 0 Å². The maximum absolute atomic E-state index is 12.6. The number of rotatable bonds is 6.